The van der Waals surface area contributed by atoms with Crippen LogP contribution in [0.3, 0.4) is 0 Å². The minimum atomic E-state index is -0.288. The Labute approximate surface area is 111 Å². The molecule has 0 aliphatic carbocycles. The third-order valence-electron chi connectivity index (χ3n) is 2.67. The first kappa shape index (κ1) is 12.8. The second kappa shape index (κ2) is 5.82. The van der Waals surface area contributed by atoms with Crippen molar-refractivity contribution in [2.24, 2.45) is 5.10 Å². The molecule has 0 saturated heterocycles. The van der Waals surface area contributed by atoms with Crippen molar-refractivity contribution in [2.75, 3.05) is 0 Å². The van der Waals surface area contributed by atoms with Gasteiger partial charge in [0, 0.05) is 11.1 Å². The Bertz CT molecular complexity index is 607. The van der Waals surface area contributed by atoms with E-state index in [9.17, 15) is 9.90 Å². The molecule has 2 rings (SSSR count). The average Bonchev–Trinajstić information content (AvgIpc) is 2.44. The Morgan fingerprint density at radius 2 is 1.89 bits per heavy atom. The van der Waals surface area contributed by atoms with Crippen molar-refractivity contribution < 1.29 is 9.90 Å². The molecule has 2 N–H and O–H groups in total. The minimum absolute atomic E-state index is 0.167. The summed E-state index contributed by atoms with van der Waals surface area (Å²) in [6.45, 7) is 1.80. The van der Waals surface area contributed by atoms with Gasteiger partial charge in [0.2, 0.25) is 0 Å². The van der Waals surface area contributed by atoms with E-state index in [2.05, 4.69) is 10.5 Å². The maximum atomic E-state index is 11.7. The number of amides is 1. The number of benzene rings is 2. The molecule has 19 heavy (non-hydrogen) atoms. The number of carbonyl (C=O) groups is 1. The van der Waals surface area contributed by atoms with Crippen molar-refractivity contribution in [2.45, 2.75) is 6.92 Å². The molecule has 4 heteroatoms. The predicted octanol–water partition coefficient (Wildman–Crippen LogP) is 2.46. The van der Waals surface area contributed by atoms with Crippen LogP contribution in [-0.2, 0) is 0 Å². The molecule has 0 aliphatic heterocycles. The summed E-state index contributed by atoms with van der Waals surface area (Å²) in [5.74, 6) is -0.121. The van der Waals surface area contributed by atoms with Gasteiger partial charge in [-0.3, -0.25) is 4.79 Å². The van der Waals surface area contributed by atoms with Gasteiger partial charge >= 0.3 is 0 Å². The summed E-state index contributed by atoms with van der Waals surface area (Å²) in [6, 6.07) is 14.1. The number of para-hydroxylation sites is 1. The van der Waals surface area contributed by atoms with Crippen LogP contribution in [0, 0.1) is 6.92 Å². The number of hydrogen-bond donors (Lipinski definition) is 2. The molecule has 0 atom stereocenters. The van der Waals surface area contributed by atoms with Crippen LogP contribution in [0.2, 0.25) is 0 Å². The number of phenols is 1. The third-order valence-corrected chi connectivity index (χ3v) is 2.67. The van der Waals surface area contributed by atoms with Crippen LogP contribution in [0.25, 0.3) is 0 Å². The zero-order valence-electron chi connectivity index (χ0n) is 10.5. The van der Waals surface area contributed by atoms with E-state index in [0.29, 0.717) is 11.1 Å². The van der Waals surface area contributed by atoms with Crippen molar-refractivity contribution in [1.29, 1.82) is 0 Å². The molecular weight excluding hydrogens is 240 g/mol. The molecule has 0 aromatic heterocycles. The van der Waals surface area contributed by atoms with E-state index >= 15 is 0 Å². The number of rotatable bonds is 3. The van der Waals surface area contributed by atoms with E-state index < -0.39 is 0 Å². The quantitative estimate of drug-likeness (QED) is 0.653. The number of nitrogens with zero attached hydrogens (tertiary/aromatic N) is 1. The van der Waals surface area contributed by atoms with Crippen LogP contribution in [0.4, 0.5) is 0 Å². The van der Waals surface area contributed by atoms with Crippen molar-refractivity contribution in [1.82, 2.24) is 5.43 Å². The van der Waals surface area contributed by atoms with Crippen LogP contribution in [0.1, 0.15) is 21.5 Å². The second-order valence-corrected chi connectivity index (χ2v) is 4.08. The number of hydrazone groups is 1. The molecule has 0 heterocycles. The summed E-state index contributed by atoms with van der Waals surface area (Å²) in [6.07, 6.45) is 1.42. The van der Waals surface area contributed by atoms with Crippen molar-refractivity contribution >= 4 is 12.1 Å². The Kier molecular flexibility index (Phi) is 3.93. The summed E-state index contributed by atoms with van der Waals surface area (Å²) < 4.78 is 0. The Morgan fingerprint density at radius 3 is 2.63 bits per heavy atom. The zero-order valence-corrected chi connectivity index (χ0v) is 10.5. The molecule has 0 spiro atoms. The normalized spacial score (nSPS) is 10.6. The maximum Gasteiger partial charge on any atom is 0.271 e. The van der Waals surface area contributed by atoms with Crippen LogP contribution < -0.4 is 5.43 Å². The number of carbonyl (C=O) groups excluding carboxylic acids is 1. The van der Waals surface area contributed by atoms with Crippen molar-refractivity contribution in [3.63, 3.8) is 0 Å². The molecule has 0 saturated carbocycles. The molecule has 96 valence electrons. The maximum absolute atomic E-state index is 11.7. The molecule has 0 unspecified atom stereocenters. The predicted molar refractivity (Wildman–Crippen MR) is 74.3 cm³/mol. The van der Waals surface area contributed by atoms with Crippen molar-refractivity contribution in [3.8, 4) is 5.75 Å². The Morgan fingerprint density at radius 1 is 1.16 bits per heavy atom. The lowest BCUT2D eigenvalue weighted by molar-refractivity contribution is 0.0955. The van der Waals surface area contributed by atoms with Crippen molar-refractivity contribution in [3.05, 3.63) is 65.2 Å². The standard InChI is InChI=1S/C15H14N2O2/c1-11-6-5-9-13(14(11)18)10-16-17-15(19)12-7-3-2-4-8-12/h2-10,18H,1H3,(H,17,19)/b16-10-. The number of hydrogen-bond acceptors (Lipinski definition) is 3. The zero-order chi connectivity index (χ0) is 13.7. The highest BCUT2D eigenvalue weighted by atomic mass is 16.3. The van der Waals surface area contributed by atoms with Gasteiger partial charge in [0.05, 0.1) is 6.21 Å². The smallest absolute Gasteiger partial charge is 0.271 e. The first-order valence-corrected chi connectivity index (χ1v) is 5.85. The fourth-order valence-electron chi connectivity index (χ4n) is 1.60. The van der Waals surface area contributed by atoms with Gasteiger partial charge in [0.15, 0.2) is 0 Å². The van der Waals surface area contributed by atoms with Gasteiger partial charge in [-0.15, -0.1) is 0 Å². The summed E-state index contributed by atoms with van der Waals surface area (Å²) in [5.41, 5.74) is 4.27. The number of nitrogens with one attached hydrogen (secondary N) is 1. The molecule has 0 fully saturated rings. The second-order valence-electron chi connectivity index (χ2n) is 4.08. The van der Waals surface area contributed by atoms with Gasteiger partial charge in [-0.05, 0) is 30.7 Å². The largest absolute Gasteiger partial charge is 0.507 e. The lowest BCUT2D eigenvalue weighted by Crippen LogP contribution is -2.17. The molecule has 0 aliphatic rings. The number of aromatic hydroxyl groups is 1. The topological polar surface area (TPSA) is 61.7 Å². The summed E-state index contributed by atoms with van der Waals surface area (Å²) in [4.78, 5) is 11.7. The van der Waals surface area contributed by atoms with Gasteiger partial charge in [-0.2, -0.15) is 5.10 Å². The summed E-state index contributed by atoms with van der Waals surface area (Å²) >= 11 is 0. The van der Waals surface area contributed by atoms with E-state index in [-0.39, 0.29) is 11.7 Å². The highest BCUT2D eigenvalue weighted by Gasteiger charge is 2.03. The van der Waals surface area contributed by atoms with Crippen LogP contribution in [0.15, 0.2) is 53.6 Å². The monoisotopic (exact) mass is 254 g/mol. The van der Waals surface area contributed by atoms with E-state index in [1.807, 2.05) is 12.1 Å². The van der Waals surface area contributed by atoms with Crippen LogP contribution >= 0.6 is 0 Å². The van der Waals surface area contributed by atoms with Gasteiger partial charge in [0.25, 0.3) is 5.91 Å². The lowest BCUT2D eigenvalue weighted by atomic mass is 10.1. The van der Waals surface area contributed by atoms with Gasteiger partial charge in [-0.1, -0.05) is 30.3 Å². The van der Waals surface area contributed by atoms with E-state index in [4.69, 9.17) is 0 Å². The minimum Gasteiger partial charge on any atom is -0.507 e. The van der Waals surface area contributed by atoms with Gasteiger partial charge in [-0.25, -0.2) is 5.43 Å². The summed E-state index contributed by atoms with van der Waals surface area (Å²) in [5, 5.41) is 13.6. The SMILES string of the molecule is Cc1cccc(/C=N\NC(=O)c2ccccc2)c1O. The number of aryl methyl sites for hydroxylation is 1. The molecule has 4 nitrogen and oxygen atoms in total. The molecule has 0 bridgehead atoms. The highest BCUT2D eigenvalue weighted by Crippen LogP contribution is 2.19. The average molecular weight is 254 g/mol. The fraction of sp³-hybridized carbons (Fsp3) is 0.0667. The molecule has 0 radical (unpaired) electrons. The molecule has 1 amide bonds. The van der Waals surface area contributed by atoms with Gasteiger partial charge in [0.1, 0.15) is 5.75 Å². The van der Waals surface area contributed by atoms with Gasteiger partial charge < -0.3 is 5.11 Å². The highest BCUT2D eigenvalue weighted by molar-refractivity contribution is 5.95. The number of phenolic OH excluding ortho intramolecular Hbond substituents is 1. The molecule has 2 aromatic carbocycles. The Balaban J connectivity index is 2.05. The first-order valence-electron chi connectivity index (χ1n) is 5.85. The van der Waals surface area contributed by atoms with Crippen LogP contribution in [0.5, 0.6) is 5.75 Å². The van der Waals surface area contributed by atoms with E-state index in [1.54, 1.807) is 43.3 Å². The lowest BCUT2D eigenvalue weighted by Gasteiger charge is -2.02. The fourth-order valence-corrected chi connectivity index (χ4v) is 1.60. The summed E-state index contributed by atoms with van der Waals surface area (Å²) in [7, 11) is 0. The third kappa shape index (κ3) is 3.19. The van der Waals surface area contributed by atoms with Crippen LogP contribution in [-0.4, -0.2) is 17.2 Å². The molecule has 2 aromatic rings. The van der Waals surface area contributed by atoms with E-state index in [1.165, 1.54) is 6.21 Å². The first-order chi connectivity index (χ1) is 9.18. The Hall–Kier alpha value is -2.62. The van der Waals surface area contributed by atoms with E-state index in [0.717, 1.165) is 5.56 Å². The molecular formula is C15H14N2O2.